The number of carbonyl (C=O) groups excluding carboxylic acids is 1. The van der Waals surface area contributed by atoms with Crippen LogP contribution in [0.2, 0.25) is 0 Å². The van der Waals surface area contributed by atoms with E-state index < -0.39 is 27.3 Å². The fourth-order valence-electron chi connectivity index (χ4n) is 3.44. The van der Waals surface area contributed by atoms with E-state index in [1.54, 1.807) is 13.8 Å². The number of hydrogen-bond donors (Lipinski definition) is 1. The summed E-state index contributed by atoms with van der Waals surface area (Å²) in [6.45, 7) is 4.18. The van der Waals surface area contributed by atoms with Gasteiger partial charge in [0.15, 0.2) is 15.6 Å². The Balaban J connectivity index is 2.12. The molecule has 3 rings (SSSR count). The van der Waals surface area contributed by atoms with Gasteiger partial charge in [-0.1, -0.05) is 0 Å². The predicted octanol–water partition coefficient (Wildman–Crippen LogP) is 2.21. The van der Waals surface area contributed by atoms with Gasteiger partial charge < -0.3 is 9.84 Å². The van der Waals surface area contributed by atoms with Crippen molar-refractivity contribution in [2.24, 2.45) is 0 Å². The molecule has 1 aromatic carbocycles. The van der Waals surface area contributed by atoms with Gasteiger partial charge >= 0.3 is 0 Å². The van der Waals surface area contributed by atoms with Crippen LogP contribution in [0, 0.1) is 6.92 Å². The number of hydrogen-bond acceptors (Lipinski definition) is 5. The van der Waals surface area contributed by atoms with Gasteiger partial charge in [-0.25, -0.2) is 8.42 Å². The minimum absolute atomic E-state index is 0.0152. The second kappa shape index (κ2) is 7.61. The zero-order valence-electron chi connectivity index (χ0n) is 15.1. The number of halogens is 1. The SMILES string of the molecule is CCn1[nH]cc(C(=O)c2ccc3c(c2C)C(OCCCl)CCS3(=O)=O)c1=O. The lowest BCUT2D eigenvalue weighted by Crippen LogP contribution is -2.25. The van der Waals surface area contributed by atoms with E-state index in [0.29, 0.717) is 29.7 Å². The molecule has 1 aromatic heterocycles. The maximum atomic E-state index is 12.9. The molecular formula is C18H21ClN2O5S. The summed E-state index contributed by atoms with van der Waals surface area (Å²) in [6, 6.07) is 2.91. The van der Waals surface area contributed by atoms with E-state index in [0.717, 1.165) is 0 Å². The van der Waals surface area contributed by atoms with Gasteiger partial charge in [-0.3, -0.25) is 14.3 Å². The predicted molar refractivity (Wildman–Crippen MR) is 101 cm³/mol. The number of aromatic amines is 1. The number of nitrogens with one attached hydrogen (secondary N) is 1. The summed E-state index contributed by atoms with van der Waals surface area (Å²) < 4.78 is 32.0. The van der Waals surface area contributed by atoms with E-state index in [1.807, 2.05) is 0 Å². The Bertz CT molecular complexity index is 1040. The van der Waals surface area contributed by atoms with E-state index in [2.05, 4.69) is 5.10 Å². The summed E-state index contributed by atoms with van der Waals surface area (Å²) in [5, 5.41) is 2.75. The fraction of sp³-hybridized carbons (Fsp3) is 0.444. The number of H-pyrrole nitrogens is 1. The molecule has 1 N–H and O–H groups in total. The lowest BCUT2D eigenvalue weighted by molar-refractivity contribution is 0.0575. The molecule has 27 heavy (non-hydrogen) atoms. The van der Waals surface area contributed by atoms with Gasteiger partial charge in [0.1, 0.15) is 5.56 Å². The van der Waals surface area contributed by atoms with E-state index in [1.165, 1.54) is 23.0 Å². The third-order valence-electron chi connectivity index (χ3n) is 4.82. The molecule has 0 radical (unpaired) electrons. The third kappa shape index (κ3) is 3.49. The number of nitrogens with zero attached hydrogens (tertiary/aromatic N) is 1. The van der Waals surface area contributed by atoms with Gasteiger partial charge in [-0.2, -0.15) is 0 Å². The van der Waals surface area contributed by atoms with Gasteiger partial charge in [-0.15, -0.1) is 11.6 Å². The zero-order chi connectivity index (χ0) is 19.8. The third-order valence-corrected chi connectivity index (χ3v) is 6.78. The van der Waals surface area contributed by atoms with Crippen LogP contribution in [0.4, 0.5) is 0 Å². The van der Waals surface area contributed by atoms with Crippen LogP contribution in [0.3, 0.4) is 0 Å². The first-order valence-electron chi connectivity index (χ1n) is 8.68. The zero-order valence-corrected chi connectivity index (χ0v) is 16.7. The van der Waals surface area contributed by atoms with Crippen molar-refractivity contribution in [3.63, 3.8) is 0 Å². The van der Waals surface area contributed by atoms with Crippen molar-refractivity contribution >= 4 is 27.2 Å². The number of aryl methyl sites for hydroxylation is 1. The van der Waals surface area contributed by atoms with Crippen LogP contribution in [0.25, 0.3) is 0 Å². The highest BCUT2D eigenvalue weighted by molar-refractivity contribution is 7.91. The van der Waals surface area contributed by atoms with Crippen molar-refractivity contribution in [1.29, 1.82) is 0 Å². The minimum Gasteiger partial charge on any atom is -0.372 e. The van der Waals surface area contributed by atoms with E-state index in [-0.39, 0.29) is 28.7 Å². The van der Waals surface area contributed by atoms with Gasteiger partial charge in [0, 0.05) is 29.7 Å². The molecule has 0 spiro atoms. The van der Waals surface area contributed by atoms with Gasteiger partial charge in [0.25, 0.3) is 5.56 Å². The molecule has 9 heteroatoms. The number of ketones is 1. The monoisotopic (exact) mass is 412 g/mol. The van der Waals surface area contributed by atoms with Crippen LogP contribution in [0.1, 0.15) is 46.5 Å². The molecule has 0 fully saturated rings. The first-order chi connectivity index (χ1) is 12.8. The molecule has 0 saturated heterocycles. The lowest BCUT2D eigenvalue weighted by Gasteiger charge is -2.28. The standard InChI is InChI=1S/C18H21ClN2O5S/c1-3-21-18(23)13(10-20-21)17(22)12-4-5-15-16(11(12)2)14(26-8-7-19)6-9-27(15,24)25/h4-5,10,14,20H,3,6-9H2,1-2H3. The molecule has 0 saturated carbocycles. The van der Waals surface area contributed by atoms with Crippen molar-refractivity contribution in [3.05, 3.63) is 50.9 Å². The van der Waals surface area contributed by atoms with Crippen molar-refractivity contribution in [2.45, 2.75) is 37.8 Å². The van der Waals surface area contributed by atoms with Crippen molar-refractivity contribution in [1.82, 2.24) is 9.78 Å². The van der Waals surface area contributed by atoms with Crippen LogP contribution in [-0.4, -0.2) is 42.2 Å². The van der Waals surface area contributed by atoms with Crippen LogP contribution >= 0.6 is 11.6 Å². The van der Waals surface area contributed by atoms with Crippen LogP contribution in [0.5, 0.6) is 0 Å². The Morgan fingerprint density at radius 1 is 1.37 bits per heavy atom. The van der Waals surface area contributed by atoms with Gasteiger partial charge in [0.2, 0.25) is 0 Å². The average molecular weight is 413 g/mol. The highest BCUT2D eigenvalue weighted by Gasteiger charge is 2.34. The van der Waals surface area contributed by atoms with E-state index in [4.69, 9.17) is 16.3 Å². The minimum atomic E-state index is -3.43. The second-order valence-corrected chi connectivity index (χ2v) is 8.83. The first-order valence-corrected chi connectivity index (χ1v) is 10.9. The normalized spacial score (nSPS) is 18.3. The molecule has 1 atom stereocenters. The molecule has 2 heterocycles. The molecule has 0 aliphatic carbocycles. The number of rotatable bonds is 6. The number of alkyl halides is 1. The quantitative estimate of drug-likeness (QED) is 0.579. The Morgan fingerprint density at radius 3 is 2.74 bits per heavy atom. The topological polar surface area (TPSA) is 98.2 Å². The Labute approximate surface area is 162 Å². The summed E-state index contributed by atoms with van der Waals surface area (Å²) in [6.07, 6.45) is 1.23. The molecule has 146 valence electrons. The summed E-state index contributed by atoms with van der Waals surface area (Å²) in [5.74, 6) is -0.169. The number of benzene rings is 1. The Kier molecular flexibility index (Phi) is 5.60. The Morgan fingerprint density at radius 2 is 2.11 bits per heavy atom. The van der Waals surface area contributed by atoms with Gasteiger partial charge in [0.05, 0.1) is 23.4 Å². The summed E-state index contributed by atoms with van der Waals surface area (Å²) in [4.78, 5) is 25.4. The Hall–Kier alpha value is -1.90. The maximum absolute atomic E-state index is 12.9. The molecular weight excluding hydrogens is 392 g/mol. The molecule has 1 aliphatic heterocycles. The van der Waals surface area contributed by atoms with Crippen LogP contribution < -0.4 is 5.56 Å². The molecule has 1 unspecified atom stereocenters. The van der Waals surface area contributed by atoms with Gasteiger partial charge in [-0.05, 0) is 38.0 Å². The second-order valence-electron chi connectivity index (χ2n) is 6.37. The van der Waals surface area contributed by atoms with Crippen molar-refractivity contribution < 1.29 is 17.9 Å². The van der Waals surface area contributed by atoms with Crippen LogP contribution in [0.15, 0.2) is 28.0 Å². The summed E-state index contributed by atoms with van der Waals surface area (Å²) >= 11 is 5.70. The molecule has 1 aliphatic rings. The molecule has 2 aromatic rings. The van der Waals surface area contributed by atoms with Crippen LogP contribution in [-0.2, 0) is 21.1 Å². The summed E-state index contributed by atoms with van der Waals surface area (Å²) in [7, 11) is -3.43. The first kappa shape index (κ1) is 19.9. The average Bonchev–Trinajstić information content (AvgIpc) is 3.01. The van der Waals surface area contributed by atoms with Crippen molar-refractivity contribution in [3.8, 4) is 0 Å². The van der Waals surface area contributed by atoms with E-state index in [9.17, 15) is 18.0 Å². The molecule has 0 bridgehead atoms. The molecule has 7 nitrogen and oxygen atoms in total. The number of sulfone groups is 1. The summed E-state index contributed by atoms with van der Waals surface area (Å²) in [5.41, 5.74) is 0.927. The molecule has 0 amide bonds. The highest BCUT2D eigenvalue weighted by Crippen LogP contribution is 2.38. The highest BCUT2D eigenvalue weighted by atomic mass is 35.5. The fourth-order valence-corrected chi connectivity index (χ4v) is 5.17. The smallest absolute Gasteiger partial charge is 0.277 e. The largest absolute Gasteiger partial charge is 0.372 e. The number of aromatic nitrogens is 2. The van der Waals surface area contributed by atoms with Crippen molar-refractivity contribution in [2.75, 3.05) is 18.2 Å². The van der Waals surface area contributed by atoms with E-state index >= 15 is 0 Å². The lowest BCUT2D eigenvalue weighted by atomic mass is 9.93. The number of carbonyl (C=O) groups is 1. The number of fused-ring (bicyclic) bond motifs is 1. The number of ether oxygens (including phenoxy) is 1. The maximum Gasteiger partial charge on any atom is 0.277 e.